The molecule has 1 fully saturated rings. The third-order valence-electron chi connectivity index (χ3n) is 2.65. The Hall–Kier alpha value is 0.160. The molecule has 4 nitrogen and oxygen atoms in total. The van der Waals surface area contributed by atoms with Gasteiger partial charge in [-0.1, -0.05) is 0 Å². The maximum atomic E-state index is 11.4. The fraction of sp³-hybridized carbons (Fsp3) is 1.00. The highest BCUT2D eigenvalue weighted by Crippen LogP contribution is 2.10. The van der Waals surface area contributed by atoms with Crippen LogP contribution in [0.3, 0.4) is 0 Å². The molecular formula is C9H21ClN2O2S. The van der Waals surface area contributed by atoms with Gasteiger partial charge < -0.3 is 5.32 Å². The molecule has 1 heterocycles. The van der Waals surface area contributed by atoms with Gasteiger partial charge in [-0.05, 0) is 45.7 Å². The minimum Gasteiger partial charge on any atom is -0.317 e. The van der Waals surface area contributed by atoms with E-state index in [9.17, 15) is 8.42 Å². The molecule has 1 saturated heterocycles. The monoisotopic (exact) mass is 256 g/mol. The second-order valence-electron chi connectivity index (χ2n) is 4.14. The summed E-state index contributed by atoms with van der Waals surface area (Å²) in [5, 5.41) is 2.93. The first kappa shape index (κ1) is 15.2. The van der Waals surface area contributed by atoms with Crippen molar-refractivity contribution in [3.05, 3.63) is 0 Å². The lowest BCUT2D eigenvalue weighted by Gasteiger charge is -2.23. The van der Waals surface area contributed by atoms with Gasteiger partial charge in [0.15, 0.2) is 0 Å². The molecule has 0 aromatic rings. The minimum atomic E-state index is -3.07. The molecule has 0 radical (unpaired) electrons. The smallest absolute Gasteiger partial charge is 0.213 e. The maximum absolute atomic E-state index is 11.4. The SMILES string of the molecule is CC(C)S(=O)(=O)NCC1CCNCC1.Cl. The molecule has 0 unspecified atom stereocenters. The molecule has 1 aliphatic heterocycles. The minimum absolute atomic E-state index is 0. The van der Waals surface area contributed by atoms with Crippen molar-refractivity contribution in [3.8, 4) is 0 Å². The van der Waals surface area contributed by atoms with E-state index in [0.717, 1.165) is 25.9 Å². The van der Waals surface area contributed by atoms with E-state index in [0.29, 0.717) is 12.5 Å². The normalized spacial score (nSPS) is 18.9. The van der Waals surface area contributed by atoms with Gasteiger partial charge in [0.1, 0.15) is 0 Å². The summed E-state index contributed by atoms with van der Waals surface area (Å²) in [6.45, 7) is 6.01. The van der Waals surface area contributed by atoms with Crippen LogP contribution in [0.2, 0.25) is 0 Å². The van der Waals surface area contributed by atoms with Crippen molar-refractivity contribution < 1.29 is 8.42 Å². The third kappa shape index (κ3) is 5.15. The molecule has 0 aromatic carbocycles. The largest absolute Gasteiger partial charge is 0.317 e. The van der Waals surface area contributed by atoms with Crippen LogP contribution in [0.1, 0.15) is 26.7 Å². The lowest BCUT2D eigenvalue weighted by Crippen LogP contribution is -2.38. The Morgan fingerprint density at radius 2 is 1.87 bits per heavy atom. The van der Waals surface area contributed by atoms with Gasteiger partial charge in [-0.2, -0.15) is 0 Å². The summed E-state index contributed by atoms with van der Waals surface area (Å²) in [5.74, 6) is 0.504. The Balaban J connectivity index is 0.00000196. The van der Waals surface area contributed by atoms with Crippen molar-refractivity contribution in [2.75, 3.05) is 19.6 Å². The first-order valence-corrected chi connectivity index (χ1v) is 6.76. The van der Waals surface area contributed by atoms with Crippen molar-refractivity contribution in [2.45, 2.75) is 31.9 Å². The maximum Gasteiger partial charge on any atom is 0.213 e. The number of sulfonamides is 1. The summed E-state index contributed by atoms with van der Waals surface area (Å²) in [5.41, 5.74) is 0. The number of piperidine rings is 1. The summed E-state index contributed by atoms with van der Waals surface area (Å²) >= 11 is 0. The van der Waals surface area contributed by atoms with Crippen LogP contribution in [0.5, 0.6) is 0 Å². The van der Waals surface area contributed by atoms with Gasteiger partial charge in [0.2, 0.25) is 10.0 Å². The predicted octanol–water partition coefficient (Wildman–Crippen LogP) is 0.736. The molecule has 1 rings (SSSR count). The molecular weight excluding hydrogens is 236 g/mol. The van der Waals surface area contributed by atoms with E-state index in [1.165, 1.54) is 0 Å². The van der Waals surface area contributed by atoms with E-state index in [1.54, 1.807) is 13.8 Å². The lowest BCUT2D eigenvalue weighted by atomic mass is 9.99. The van der Waals surface area contributed by atoms with Crippen LogP contribution in [0.4, 0.5) is 0 Å². The second kappa shape index (κ2) is 6.68. The van der Waals surface area contributed by atoms with E-state index < -0.39 is 10.0 Å². The molecule has 6 heteroatoms. The molecule has 0 saturated carbocycles. The molecule has 0 amide bonds. The van der Waals surface area contributed by atoms with Crippen molar-refractivity contribution in [1.82, 2.24) is 10.0 Å². The summed E-state index contributed by atoms with van der Waals surface area (Å²) in [6, 6.07) is 0. The highest BCUT2D eigenvalue weighted by atomic mass is 35.5. The highest BCUT2D eigenvalue weighted by Gasteiger charge is 2.19. The zero-order valence-corrected chi connectivity index (χ0v) is 11.0. The van der Waals surface area contributed by atoms with Crippen LogP contribution in [-0.2, 0) is 10.0 Å². The summed E-state index contributed by atoms with van der Waals surface area (Å²) < 4.78 is 25.6. The van der Waals surface area contributed by atoms with Gasteiger partial charge in [-0.25, -0.2) is 13.1 Å². The predicted molar refractivity (Wildman–Crippen MR) is 64.9 cm³/mol. The molecule has 2 N–H and O–H groups in total. The van der Waals surface area contributed by atoms with Crippen molar-refractivity contribution >= 4 is 22.4 Å². The molecule has 0 bridgehead atoms. The van der Waals surface area contributed by atoms with Crippen LogP contribution in [0.25, 0.3) is 0 Å². The van der Waals surface area contributed by atoms with E-state index >= 15 is 0 Å². The molecule has 92 valence electrons. The number of rotatable bonds is 4. The average Bonchev–Trinajstić information content (AvgIpc) is 2.16. The molecule has 0 spiro atoms. The van der Waals surface area contributed by atoms with Crippen LogP contribution >= 0.6 is 12.4 Å². The Kier molecular flexibility index (Phi) is 6.75. The fourth-order valence-electron chi connectivity index (χ4n) is 1.49. The van der Waals surface area contributed by atoms with Gasteiger partial charge in [0, 0.05) is 6.54 Å². The van der Waals surface area contributed by atoms with Gasteiger partial charge >= 0.3 is 0 Å². The number of hydrogen-bond acceptors (Lipinski definition) is 3. The zero-order valence-electron chi connectivity index (χ0n) is 9.32. The van der Waals surface area contributed by atoms with Gasteiger partial charge in [0.05, 0.1) is 5.25 Å². The van der Waals surface area contributed by atoms with Crippen molar-refractivity contribution in [1.29, 1.82) is 0 Å². The standard InChI is InChI=1S/C9H20N2O2S.ClH/c1-8(2)14(12,13)11-7-9-3-5-10-6-4-9;/h8-11H,3-7H2,1-2H3;1H. The molecule has 0 atom stereocenters. The van der Waals surface area contributed by atoms with Gasteiger partial charge in [-0.15, -0.1) is 12.4 Å². The lowest BCUT2D eigenvalue weighted by molar-refractivity contribution is 0.372. The van der Waals surface area contributed by atoms with Crippen molar-refractivity contribution in [3.63, 3.8) is 0 Å². The van der Waals surface area contributed by atoms with E-state index in [1.807, 2.05) is 0 Å². The van der Waals surface area contributed by atoms with Crippen LogP contribution in [-0.4, -0.2) is 33.3 Å². The number of nitrogens with one attached hydrogen (secondary N) is 2. The molecule has 0 aliphatic carbocycles. The average molecular weight is 257 g/mol. The van der Waals surface area contributed by atoms with E-state index in [-0.39, 0.29) is 17.7 Å². The first-order valence-electron chi connectivity index (χ1n) is 5.21. The zero-order chi connectivity index (χ0) is 10.6. The van der Waals surface area contributed by atoms with Crippen LogP contribution in [0, 0.1) is 5.92 Å². The summed E-state index contributed by atoms with van der Waals surface area (Å²) in [6.07, 6.45) is 2.14. The molecule has 0 aromatic heterocycles. The van der Waals surface area contributed by atoms with Gasteiger partial charge in [0.25, 0.3) is 0 Å². The summed E-state index contributed by atoms with van der Waals surface area (Å²) in [7, 11) is -3.07. The summed E-state index contributed by atoms with van der Waals surface area (Å²) in [4.78, 5) is 0. The Morgan fingerprint density at radius 3 is 2.33 bits per heavy atom. The first-order chi connectivity index (χ1) is 6.52. The molecule has 15 heavy (non-hydrogen) atoms. The van der Waals surface area contributed by atoms with E-state index in [4.69, 9.17) is 0 Å². The Morgan fingerprint density at radius 1 is 1.33 bits per heavy atom. The third-order valence-corrected chi connectivity index (χ3v) is 4.46. The molecule has 1 aliphatic rings. The number of hydrogen-bond donors (Lipinski definition) is 2. The Labute approximate surface area is 98.7 Å². The highest BCUT2D eigenvalue weighted by molar-refractivity contribution is 7.90. The van der Waals surface area contributed by atoms with Gasteiger partial charge in [-0.3, -0.25) is 0 Å². The Bertz CT molecular complexity index is 261. The van der Waals surface area contributed by atoms with E-state index in [2.05, 4.69) is 10.0 Å². The van der Waals surface area contributed by atoms with Crippen LogP contribution in [0.15, 0.2) is 0 Å². The quantitative estimate of drug-likeness (QED) is 0.780. The van der Waals surface area contributed by atoms with Crippen LogP contribution < -0.4 is 10.0 Å². The second-order valence-corrected chi connectivity index (χ2v) is 6.46. The number of halogens is 1. The van der Waals surface area contributed by atoms with Crippen molar-refractivity contribution in [2.24, 2.45) is 5.92 Å². The fourth-order valence-corrected chi connectivity index (χ4v) is 2.29. The topological polar surface area (TPSA) is 58.2 Å².